The Hall–Kier alpha value is -1.40. The van der Waals surface area contributed by atoms with Crippen molar-refractivity contribution in [3.8, 4) is 0 Å². The van der Waals surface area contributed by atoms with E-state index in [1.54, 1.807) is 26.0 Å². The Morgan fingerprint density at radius 3 is 2.26 bits per heavy atom. The number of nitrogens with one attached hydrogen (secondary N) is 2. The Labute approximate surface area is 113 Å². The lowest BCUT2D eigenvalue weighted by molar-refractivity contribution is -0.117. The van der Waals surface area contributed by atoms with E-state index in [9.17, 15) is 13.2 Å². The molecular weight excluding hydrogens is 264 g/mol. The van der Waals surface area contributed by atoms with Crippen molar-refractivity contribution >= 4 is 21.6 Å². The van der Waals surface area contributed by atoms with Crippen molar-refractivity contribution in [2.75, 3.05) is 5.32 Å². The van der Waals surface area contributed by atoms with Gasteiger partial charge >= 0.3 is 0 Å². The Kier molecular flexibility index (Phi) is 3.91. The average Bonchev–Trinajstić information content (AvgIpc) is 3.11. The summed E-state index contributed by atoms with van der Waals surface area (Å²) < 4.78 is 26.3. The number of carbonyl (C=O) groups is 1. The van der Waals surface area contributed by atoms with Crippen LogP contribution in [0.4, 0.5) is 5.69 Å². The first-order chi connectivity index (χ1) is 8.88. The second-order valence-corrected chi connectivity index (χ2v) is 6.78. The summed E-state index contributed by atoms with van der Waals surface area (Å²) in [5.74, 6) is 0.141. The van der Waals surface area contributed by atoms with Gasteiger partial charge in [-0.25, -0.2) is 13.1 Å². The summed E-state index contributed by atoms with van der Waals surface area (Å²) >= 11 is 0. The molecule has 0 bridgehead atoms. The number of hydrogen-bond acceptors (Lipinski definition) is 3. The molecule has 19 heavy (non-hydrogen) atoms. The van der Waals surface area contributed by atoms with Crippen molar-refractivity contribution in [3.05, 3.63) is 24.3 Å². The van der Waals surface area contributed by atoms with Crippen LogP contribution in [0.1, 0.15) is 26.7 Å². The van der Waals surface area contributed by atoms with Gasteiger partial charge in [0.1, 0.15) is 0 Å². The lowest BCUT2D eigenvalue weighted by Crippen LogP contribution is -2.30. The molecule has 1 fully saturated rings. The summed E-state index contributed by atoms with van der Waals surface area (Å²) in [4.78, 5) is 11.8. The molecule has 2 rings (SSSR count). The first kappa shape index (κ1) is 14.0. The lowest BCUT2D eigenvalue weighted by Gasteiger charge is -2.10. The monoisotopic (exact) mass is 282 g/mol. The van der Waals surface area contributed by atoms with Gasteiger partial charge in [0.2, 0.25) is 15.9 Å². The SMILES string of the molecule is CC(C)NS(=O)(=O)c1ccc(NC(=O)C2CC2)cc1. The highest BCUT2D eigenvalue weighted by Crippen LogP contribution is 2.30. The minimum absolute atomic E-state index is 0.0101. The molecule has 1 aliphatic carbocycles. The fourth-order valence-electron chi connectivity index (χ4n) is 1.69. The van der Waals surface area contributed by atoms with Crippen molar-refractivity contribution in [3.63, 3.8) is 0 Å². The maximum absolute atomic E-state index is 11.9. The molecule has 2 N–H and O–H groups in total. The van der Waals surface area contributed by atoms with Crippen LogP contribution in [0, 0.1) is 5.92 Å². The summed E-state index contributed by atoms with van der Waals surface area (Å²) in [6.45, 7) is 3.53. The summed E-state index contributed by atoms with van der Waals surface area (Å²) in [5.41, 5.74) is 0.625. The molecule has 1 aromatic carbocycles. The number of benzene rings is 1. The second kappa shape index (κ2) is 5.30. The van der Waals surface area contributed by atoms with Crippen LogP contribution in [0.15, 0.2) is 29.2 Å². The molecule has 1 amide bonds. The Morgan fingerprint density at radius 2 is 1.79 bits per heavy atom. The molecule has 1 aromatic rings. The highest BCUT2D eigenvalue weighted by Gasteiger charge is 2.29. The van der Waals surface area contributed by atoms with Crippen LogP contribution in [0.25, 0.3) is 0 Å². The van der Waals surface area contributed by atoms with Crippen LogP contribution in [0.5, 0.6) is 0 Å². The van der Waals surface area contributed by atoms with E-state index in [1.165, 1.54) is 12.1 Å². The van der Waals surface area contributed by atoms with Gasteiger partial charge in [-0.05, 0) is 51.0 Å². The molecule has 0 aromatic heterocycles. The van der Waals surface area contributed by atoms with Gasteiger partial charge in [0.15, 0.2) is 0 Å². The topological polar surface area (TPSA) is 75.3 Å². The molecule has 0 saturated heterocycles. The van der Waals surface area contributed by atoms with Crippen molar-refractivity contribution in [1.29, 1.82) is 0 Å². The number of carbonyl (C=O) groups excluding carboxylic acids is 1. The van der Waals surface area contributed by atoms with E-state index in [4.69, 9.17) is 0 Å². The van der Waals surface area contributed by atoms with Crippen LogP contribution < -0.4 is 10.0 Å². The van der Waals surface area contributed by atoms with E-state index in [2.05, 4.69) is 10.0 Å². The molecule has 1 saturated carbocycles. The highest BCUT2D eigenvalue weighted by atomic mass is 32.2. The zero-order valence-electron chi connectivity index (χ0n) is 11.0. The summed E-state index contributed by atoms with van der Waals surface area (Å²) in [5, 5.41) is 2.77. The third-order valence-corrected chi connectivity index (χ3v) is 4.45. The number of anilines is 1. The van der Waals surface area contributed by atoms with E-state index in [-0.39, 0.29) is 22.8 Å². The molecule has 104 valence electrons. The van der Waals surface area contributed by atoms with Crippen LogP contribution in [-0.2, 0) is 14.8 Å². The van der Waals surface area contributed by atoms with E-state index in [0.29, 0.717) is 5.69 Å². The maximum atomic E-state index is 11.9. The molecule has 0 heterocycles. The van der Waals surface area contributed by atoms with Gasteiger partial charge in [-0.3, -0.25) is 4.79 Å². The number of hydrogen-bond donors (Lipinski definition) is 2. The quantitative estimate of drug-likeness (QED) is 0.863. The van der Waals surface area contributed by atoms with E-state index in [0.717, 1.165) is 12.8 Å². The van der Waals surface area contributed by atoms with E-state index >= 15 is 0 Å². The van der Waals surface area contributed by atoms with Gasteiger partial charge < -0.3 is 5.32 Å². The van der Waals surface area contributed by atoms with Crippen LogP contribution in [0.2, 0.25) is 0 Å². The number of rotatable bonds is 5. The summed E-state index contributed by atoms with van der Waals surface area (Å²) in [7, 11) is -3.47. The largest absolute Gasteiger partial charge is 0.326 e. The van der Waals surface area contributed by atoms with Crippen LogP contribution in [-0.4, -0.2) is 20.4 Å². The fraction of sp³-hybridized carbons (Fsp3) is 0.462. The van der Waals surface area contributed by atoms with Gasteiger partial charge in [0.05, 0.1) is 4.90 Å². The Balaban J connectivity index is 2.07. The predicted molar refractivity (Wildman–Crippen MR) is 73.3 cm³/mol. The third-order valence-electron chi connectivity index (χ3n) is 2.77. The second-order valence-electron chi connectivity index (χ2n) is 5.06. The predicted octanol–water partition coefficient (Wildman–Crippen LogP) is 1.72. The van der Waals surface area contributed by atoms with Crippen molar-refractivity contribution in [1.82, 2.24) is 4.72 Å². The maximum Gasteiger partial charge on any atom is 0.240 e. The number of sulfonamides is 1. The minimum Gasteiger partial charge on any atom is -0.326 e. The minimum atomic E-state index is -3.47. The molecular formula is C13H18N2O3S. The Morgan fingerprint density at radius 1 is 1.21 bits per heavy atom. The average molecular weight is 282 g/mol. The van der Waals surface area contributed by atoms with Crippen molar-refractivity contribution in [2.24, 2.45) is 5.92 Å². The van der Waals surface area contributed by atoms with Gasteiger partial charge in [-0.1, -0.05) is 0 Å². The molecule has 5 nitrogen and oxygen atoms in total. The zero-order chi connectivity index (χ0) is 14.0. The van der Waals surface area contributed by atoms with Crippen molar-refractivity contribution in [2.45, 2.75) is 37.6 Å². The first-order valence-electron chi connectivity index (χ1n) is 6.32. The normalized spacial score (nSPS) is 15.5. The first-order valence-corrected chi connectivity index (χ1v) is 7.80. The lowest BCUT2D eigenvalue weighted by atomic mass is 10.3. The van der Waals surface area contributed by atoms with Gasteiger partial charge in [0.25, 0.3) is 0 Å². The van der Waals surface area contributed by atoms with Gasteiger partial charge in [-0.2, -0.15) is 0 Å². The standard InChI is InChI=1S/C13H18N2O3S/c1-9(2)15-19(17,18)12-7-5-11(6-8-12)14-13(16)10-3-4-10/h5-10,15H,3-4H2,1-2H3,(H,14,16). The van der Waals surface area contributed by atoms with Crippen molar-refractivity contribution < 1.29 is 13.2 Å². The summed E-state index contributed by atoms with van der Waals surface area (Å²) in [6.07, 6.45) is 1.88. The van der Waals surface area contributed by atoms with Crippen LogP contribution >= 0.6 is 0 Å². The van der Waals surface area contributed by atoms with E-state index in [1.807, 2.05) is 0 Å². The van der Waals surface area contributed by atoms with E-state index < -0.39 is 10.0 Å². The van der Waals surface area contributed by atoms with Gasteiger partial charge in [-0.15, -0.1) is 0 Å². The summed E-state index contributed by atoms with van der Waals surface area (Å²) in [6, 6.07) is 6.05. The van der Waals surface area contributed by atoms with Crippen LogP contribution in [0.3, 0.4) is 0 Å². The smallest absolute Gasteiger partial charge is 0.240 e. The number of amides is 1. The molecule has 6 heteroatoms. The molecule has 0 aliphatic heterocycles. The van der Waals surface area contributed by atoms with Gasteiger partial charge in [0, 0.05) is 17.6 Å². The molecule has 0 unspecified atom stereocenters. The highest BCUT2D eigenvalue weighted by molar-refractivity contribution is 7.89. The zero-order valence-corrected chi connectivity index (χ0v) is 11.8. The molecule has 1 aliphatic rings. The third kappa shape index (κ3) is 3.78. The molecule has 0 spiro atoms. The fourth-order valence-corrected chi connectivity index (χ4v) is 2.94. The molecule has 0 radical (unpaired) electrons. The molecule has 0 atom stereocenters. The Bertz CT molecular complexity index is 560.